The van der Waals surface area contributed by atoms with E-state index < -0.39 is 0 Å². The number of hydrogen-bond acceptors (Lipinski definition) is 2. The van der Waals surface area contributed by atoms with Crippen molar-refractivity contribution in [3.05, 3.63) is 0 Å². The predicted octanol–water partition coefficient (Wildman–Crippen LogP) is 2.64. The van der Waals surface area contributed by atoms with Crippen molar-refractivity contribution >= 4 is 0 Å². The Morgan fingerprint density at radius 2 is 1.88 bits per heavy atom. The Balaban J connectivity index is 2.09. The monoisotopic (exact) mass is 224 g/mol. The summed E-state index contributed by atoms with van der Waals surface area (Å²) in [4.78, 5) is 2.74. The van der Waals surface area contributed by atoms with Crippen molar-refractivity contribution in [3.63, 3.8) is 0 Å². The van der Waals surface area contributed by atoms with E-state index in [0.717, 1.165) is 5.92 Å². The lowest BCUT2D eigenvalue weighted by Crippen LogP contribution is -2.61. The second kappa shape index (κ2) is 5.05. The van der Waals surface area contributed by atoms with Crippen molar-refractivity contribution in [2.45, 2.75) is 64.0 Å². The number of likely N-dealkylation sites (tertiary alicyclic amines) is 1. The molecule has 0 amide bonds. The van der Waals surface area contributed by atoms with Crippen molar-refractivity contribution in [1.29, 1.82) is 0 Å². The Kier molecular flexibility index (Phi) is 3.91. The molecule has 2 heteroatoms. The first kappa shape index (κ1) is 12.4. The van der Waals surface area contributed by atoms with Crippen LogP contribution in [0.5, 0.6) is 0 Å². The average Bonchev–Trinajstić information content (AvgIpc) is 2.75. The molecule has 0 aromatic rings. The van der Waals surface area contributed by atoms with Crippen LogP contribution < -0.4 is 5.32 Å². The number of nitrogens with zero attached hydrogens (tertiary/aromatic N) is 1. The summed E-state index contributed by atoms with van der Waals surface area (Å²) in [5, 5.41) is 3.63. The van der Waals surface area contributed by atoms with E-state index in [2.05, 4.69) is 31.1 Å². The van der Waals surface area contributed by atoms with Crippen LogP contribution in [0.3, 0.4) is 0 Å². The van der Waals surface area contributed by atoms with Crippen molar-refractivity contribution in [3.8, 4) is 0 Å². The topological polar surface area (TPSA) is 15.3 Å². The number of rotatable bonds is 5. The molecule has 1 saturated carbocycles. The fourth-order valence-corrected chi connectivity index (χ4v) is 3.70. The van der Waals surface area contributed by atoms with Crippen molar-refractivity contribution in [1.82, 2.24) is 10.2 Å². The molecule has 2 atom stereocenters. The smallest absolute Gasteiger partial charge is 0.0334 e. The van der Waals surface area contributed by atoms with Crippen molar-refractivity contribution in [2.24, 2.45) is 5.92 Å². The van der Waals surface area contributed by atoms with Crippen LogP contribution in [0.4, 0.5) is 0 Å². The van der Waals surface area contributed by atoms with Gasteiger partial charge in [0.15, 0.2) is 0 Å². The van der Waals surface area contributed by atoms with Gasteiger partial charge in [-0.1, -0.05) is 13.3 Å². The maximum absolute atomic E-state index is 3.63. The molecule has 0 aromatic carbocycles. The highest BCUT2D eigenvalue weighted by Gasteiger charge is 2.43. The largest absolute Gasteiger partial charge is 0.315 e. The molecule has 2 nitrogen and oxygen atoms in total. The Labute approximate surface area is 101 Å². The van der Waals surface area contributed by atoms with Crippen LogP contribution in [-0.4, -0.2) is 36.6 Å². The normalized spacial score (nSPS) is 28.7. The molecule has 1 saturated heterocycles. The Hall–Kier alpha value is -0.0800. The second-order valence-electron chi connectivity index (χ2n) is 5.86. The molecule has 2 unspecified atom stereocenters. The quantitative estimate of drug-likeness (QED) is 0.772. The van der Waals surface area contributed by atoms with Crippen LogP contribution >= 0.6 is 0 Å². The molecular formula is C14H28N2. The zero-order chi connectivity index (χ0) is 11.6. The van der Waals surface area contributed by atoms with E-state index in [9.17, 15) is 0 Å². The minimum atomic E-state index is 0.385. The molecular weight excluding hydrogens is 196 g/mol. The molecule has 0 aromatic heterocycles. The molecule has 0 bridgehead atoms. The zero-order valence-corrected chi connectivity index (χ0v) is 11.3. The van der Waals surface area contributed by atoms with E-state index in [-0.39, 0.29) is 0 Å². The van der Waals surface area contributed by atoms with Gasteiger partial charge in [-0.15, -0.1) is 0 Å². The van der Waals surface area contributed by atoms with E-state index in [1.807, 2.05) is 0 Å². The highest BCUT2D eigenvalue weighted by molar-refractivity contribution is 5.01. The molecule has 1 aliphatic carbocycles. The summed E-state index contributed by atoms with van der Waals surface area (Å²) in [5.74, 6) is 0.926. The lowest BCUT2D eigenvalue weighted by Gasteiger charge is -2.50. The molecule has 2 fully saturated rings. The summed E-state index contributed by atoms with van der Waals surface area (Å²) in [7, 11) is 2.16. The summed E-state index contributed by atoms with van der Waals surface area (Å²) in [6, 6.07) is 0.698. The Bertz CT molecular complexity index is 219. The molecule has 94 valence electrons. The first-order valence-electron chi connectivity index (χ1n) is 7.14. The predicted molar refractivity (Wildman–Crippen MR) is 69.7 cm³/mol. The second-order valence-corrected chi connectivity index (χ2v) is 5.86. The molecule has 0 radical (unpaired) electrons. The first-order chi connectivity index (χ1) is 7.72. The van der Waals surface area contributed by atoms with Gasteiger partial charge in [0.1, 0.15) is 0 Å². The van der Waals surface area contributed by atoms with Gasteiger partial charge < -0.3 is 5.32 Å². The van der Waals surface area contributed by atoms with Gasteiger partial charge in [-0.25, -0.2) is 0 Å². The molecule has 2 aliphatic rings. The summed E-state index contributed by atoms with van der Waals surface area (Å²) >= 11 is 0. The lowest BCUT2D eigenvalue weighted by molar-refractivity contribution is 0.0392. The summed E-state index contributed by atoms with van der Waals surface area (Å²) in [6.07, 6.45) is 8.40. The van der Waals surface area contributed by atoms with Gasteiger partial charge in [0.05, 0.1) is 0 Å². The standard InChI is InChI=1S/C14H28N2/c1-4-14(2,16-10-5-6-11-16)13(15-3)12-8-7-9-12/h12-13,15H,4-11H2,1-3H3. The van der Waals surface area contributed by atoms with E-state index in [1.54, 1.807) is 0 Å². The van der Waals surface area contributed by atoms with Crippen LogP contribution in [0.2, 0.25) is 0 Å². The summed E-state index contributed by atoms with van der Waals surface area (Å²) in [5.41, 5.74) is 0.385. The van der Waals surface area contributed by atoms with E-state index in [1.165, 1.54) is 51.6 Å². The van der Waals surface area contributed by atoms with Crippen LogP contribution in [0.1, 0.15) is 52.4 Å². The van der Waals surface area contributed by atoms with Crippen molar-refractivity contribution < 1.29 is 0 Å². The number of hydrogen-bond donors (Lipinski definition) is 1. The van der Waals surface area contributed by atoms with Crippen LogP contribution in [0, 0.1) is 5.92 Å². The van der Waals surface area contributed by atoms with Gasteiger partial charge in [-0.05, 0) is 65.1 Å². The number of nitrogens with one attached hydrogen (secondary N) is 1. The van der Waals surface area contributed by atoms with Gasteiger partial charge in [0.2, 0.25) is 0 Å². The van der Waals surface area contributed by atoms with Crippen molar-refractivity contribution in [2.75, 3.05) is 20.1 Å². The lowest BCUT2D eigenvalue weighted by atomic mass is 9.70. The fourth-order valence-electron chi connectivity index (χ4n) is 3.70. The minimum absolute atomic E-state index is 0.385. The zero-order valence-electron chi connectivity index (χ0n) is 11.3. The average molecular weight is 224 g/mol. The minimum Gasteiger partial charge on any atom is -0.315 e. The van der Waals surface area contributed by atoms with E-state index >= 15 is 0 Å². The molecule has 1 aliphatic heterocycles. The molecule has 1 heterocycles. The SMILES string of the molecule is CCC(C)(C(NC)C1CCC1)N1CCCC1. The maximum atomic E-state index is 3.63. The highest BCUT2D eigenvalue weighted by atomic mass is 15.2. The molecule has 0 spiro atoms. The Morgan fingerprint density at radius 3 is 2.25 bits per heavy atom. The van der Waals surface area contributed by atoms with Crippen LogP contribution in [-0.2, 0) is 0 Å². The van der Waals surface area contributed by atoms with E-state index in [0.29, 0.717) is 11.6 Å². The third kappa shape index (κ3) is 2.02. The maximum Gasteiger partial charge on any atom is 0.0334 e. The van der Waals surface area contributed by atoms with Gasteiger partial charge in [0, 0.05) is 11.6 Å². The third-order valence-corrected chi connectivity index (χ3v) is 5.15. The summed E-state index contributed by atoms with van der Waals surface area (Å²) < 4.78 is 0. The van der Waals surface area contributed by atoms with Crippen LogP contribution in [0.15, 0.2) is 0 Å². The fraction of sp³-hybridized carbons (Fsp3) is 1.00. The van der Waals surface area contributed by atoms with Crippen LogP contribution in [0.25, 0.3) is 0 Å². The molecule has 1 N–H and O–H groups in total. The van der Waals surface area contributed by atoms with Gasteiger partial charge in [0.25, 0.3) is 0 Å². The first-order valence-corrected chi connectivity index (χ1v) is 7.14. The van der Waals surface area contributed by atoms with Gasteiger partial charge >= 0.3 is 0 Å². The van der Waals surface area contributed by atoms with Gasteiger partial charge in [-0.2, -0.15) is 0 Å². The highest BCUT2D eigenvalue weighted by Crippen LogP contribution is 2.39. The summed E-state index contributed by atoms with van der Waals surface area (Å²) in [6.45, 7) is 7.48. The molecule has 16 heavy (non-hydrogen) atoms. The molecule has 2 rings (SSSR count). The third-order valence-electron chi connectivity index (χ3n) is 5.15. The number of likely N-dealkylation sites (N-methyl/N-ethyl adjacent to an activating group) is 1. The van der Waals surface area contributed by atoms with Gasteiger partial charge in [-0.3, -0.25) is 4.90 Å². The van der Waals surface area contributed by atoms with E-state index in [4.69, 9.17) is 0 Å². The Morgan fingerprint density at radius 1 is 1.25 bits per heavy atom.